The number of carbonyl (C=O) groups is 1. The van der Waals surface area contributed by atoms with Gasteiger partial charge in [0.2, 0.25) is 10.0 Å². The van der Waals surface area contributed by atoms with Crippen molar-refractivity contribution in [1.82, 2.24) is 4.31 Å². The highest BCUT2D eigenvalue weighted by atomic mass is 32.2. The fourth-order valence-corrected chi connectivity index (χ4v) is 4.73. The molecule has 2 aromatic carbocycles. The summed E-state index contributed by atoms with van der Waals surface area (Å²) in [7, 11) is -3.71. The van der Waals surface area contributed by atoms with Gasteiger partial charge in [0.15, 0.2) is 0 Å². The van der Waals surface area contributed by atoms with E-state index in [1.807, 2.05) is 43.3 Å². The minimum Gasteiger partial charge on any atom is -0.460 e. The van der Waals surface area contributed by atoms with Gasteiger partial charge in [-0.1, -0.05) is 54.1 Å². The van der Waals surface area contributed by atoms with Crippen molar-refractivity contribution in [3.63, 3.8) is 0 Å². The first-order valence-electron chi connectivity index (χ1n) is 8.95. The van der Waals surface area contributed by atoms with Crippen molar-refractivity contribution in [2.75, 3.05) is 13.2 Å². The third kappa shape index (κ3) is 4.64. The lowest BCUT2D eigenvalue weighted by Crippen LogP contribution is -2.41. The Morgan fingerprint density at radius 2 is 1.85 bits per heavy atom. The molecule has 0 aliphatic carbocycles. The molecule has 1 aliphatic rings. The fraction of sp³-hybridized carbons (Fsp3) is 0.286. The lowest BCUT2D eigenvalue weighted by molar-refractivity contribution is -0.146. The van der Waals surface area contributed by atoms with E-state index in [1.54, 1.807) is 30.3 Å². The average molecular weight is 385 g/mol. The highest BCUT2D eigenvalue weighted by molar-refractivity contribution is 7.89. The van der Waals surface area contributed by atoms with Gasteiger partial charge in [-0.25, -0.2) is 8.42 Å². The predicted molar refractivity (Wildman–Crippen MR) is 105 cm³/mol. The zero-order valence-electron chi connectivity index (χ0n) is 15.2. The van der Waals surface area contributed by atoms with Crippen LogP contribution in [0.3, 0.4) is 0 Å². The molecular weight excluding hydrogens is 362 g/mol. The molecule has 2 aromatic rings. The molecule has 1 aliphatic heterocycles. The molecule has 3 rings (SSSR count). The van der Waals surface area contributed by atoms with E-state index in [0.717, 1.165) is 11.1 Å². The molecule has 0 spiro atoms. The summed E-state index contributed by atoms with van der Waals surface area (Å²) >= 11 is 0. The van der Waals surface area contributed by atoms with Gasteiger partial charge in [0, 0.05) is 6.54 Å². The van der Waals surface area contributed by atoms with Crippen molar-refractivity contribution >= 4 is 22.1 Å². The zero-order chi connectivity index (χ0) is 19.3. The van der Waals surface area contributed by atoms with Crippen LogP contribution in [0.1, 0.15) is 24.0 Å². The Hall–Kier alpha value is -2.44. The molecule has 1 fully saturated rings. The van der Waals surface area contributed by atoms with E-state index in [1.165, 1.54) is 4.31 Å². The topological polar surface area (TPSA) is 63.7 Å². The number of hydrogen-bond donors (Lipinski definition) is 0. The molecule has 1 heterocycles. The normalized spacial score (nSPS) is 18.0. The quantitative estimate of drug-likeness (QED) is 0.715. The van der Waals surface area contributed by atoms with Crippen LogP contribution >= 0.6 is 0 Å². The molecule has 0 radical (unpaired) electrons. The molecule has 5 nitrogen and oxygen atoms in total. The van der Waals surface area contributed by atoms with Gasteiger partial charge in [0.05, 0.1) is 4.90 Å². The van der Waals surface area contributed by atoms with Crippen LogP contribution in [0.15, 0.2) is 65.6 Å². The van der Waals surface area contributed by atoms with Gasteiger partial charge in [-0.3, -0.25) is 4.79 Å². The summed E-state index contributed by atoms with van der Waals surface area (Å²) < 4.78 is 32.3. The molecular formula is C21H23NO4S. The van der Waals surface area contributed by atoms with E-state index < -0.39 is 22.0 Å². The minimum atomic E-state index is -3.71. The van der Waals surface area contributed by atoms with Crippen LogP contribution in [0.5, 0.6) is 0 Å². The van der Waals surface area contributed by atoms with Gasteiger partial charge in [-0.15, -0.1) is 0 Å². The van der Waals surface area contributed by atoms with Crippen molar-refractivity contribution < 1.29 is 17.9 Å². The number of ether oxygens (including phenoxy) is 1. The molecule has 0 amide bonds. The number of sulfonamides is 1. The van der Waals surface area contributed by atoms with Gasteiger partial charge in [-0.2, -0.15) is 4.31 Å². The Kier molecular flexibility index (Phi) is 6.08. The maximum absolute atomic E-state index is 12.9. The summed E-state index contributed by atoms with van der Waals surface area (Å²) in [6.45, 7) is 2.34. The number of benzene rings is 2. The molecule has 0 unspecified atom stereocenters. The number of rotatable bonds is 6. The summed E-state index contributed by atoms with van der Waals surface area (Å²) in [5.41, 5.74) is 1.99. The van der Waals surface area contributed by atoms with Crippen molar-refractivity contribution in [2.45, 2.75) is 30.7 Å². The van der Waals surface area contributed by atoms with Gasteiger partial charge in [0.1, 0.15) is 12.6 Å². The lowest BCUT2D eigenvalue weighted by atomic mass is 10.2. The lowest BCUT2D eigenvalue weighted by Gasteiger charge is -2.22. The summed E-state index contributed by atoms with van der Waals surface area (Å²) in [5.74, 6) is -0.499. The van der Waals surface area contributed by atoms with Crippen LogP contribution in [0, 0.1) is 6.92 Å². The zero-order valence-corrected chi connectivity index (χ0v) is 16.1. The average Bonchev–Trinajstić information content (AvgIpc) is 3.17. The second-order valence-electron chi connectivity index (χ2n) is 6.53. The highest BCUT2D eigenvalue weighted by Gasteiger charge is 2.40. The van der Waals surface area contributed by atoms with Crippen LogP contribution in [0.25, 0.3) is 6.08 Å². The second-order valence-corrected chi connectivity index (χ2v) is 8.42. The SMILES string of the molecule is Cc1ccc(S(=O)(=O)N2CCC[C@H]2C(=O)OCC=Cc2ccccc2)cc1. The van der Waals surface area contributed by atoms with Crippen LogP contribution in [0.2, 0.25) is 0 Å². The molecule has 27 heavy (non-hydrogen) atoms. The van der Waals surface area contributed by atoms with Crippen LogP contribution in [-0.4, -0.2) is 37.9 Å². The summed E-state index contributed by atoms with van der Waals surface area (Å²) in [6, 6.07) is 15.6. The Morgan fingerprint density at radius 3 is 2.56 bits per heavy atom. The minimum absolute atomic E-state index is 0.114. The van der Waals surface area contributed by atoms with E-state index in [2.05, 4.69) is 0 Å². The standard InChI is InChI=1S/C21H23NO4S/c1-17-11-13-19(14-12-17)27(24,25)22-15-5-10-20(22)21(23)26-16-6-9-18-7-3-2-4-8-18/h2-4,6-9,11-14,20H,5,10,15-16H2,1H3/t20-/m0/s1. The van der Waals surface area contributed by atoms with Crippen molar-refractivity contribution in [2.24, 2.45) is 0 Å². The molecule has 142 valence electrons. The van der Waals surface area contributed by atoms with Crippen molar-refractivity contribution in [3.8, 4) is 0 Å². The Labute approximate surface area is 160 Å². The van der Waals surface area contributed by atoms with Crippen LogP contribution in [0.4, 0.5) is 0 Å². The number of esters is 1. The molecule has 0 N–H and O–H groups in total. The maximum atomic E-state index is 12.9. The molecule has 6 heteroatoms. The Bertz CT molecular complexity index is 905. The molecule has 1 saturated heterocycles. The van der Waals surface area contributed by atoms with E-state index >= 15 is 0 Å². The fourth-order valence-electron chi connectivity index (χ4n) is 3.08. The first-order valence-corrected chi connectivity index (χ1v) is 10.4. The second kappa shape index (κ2) is 8.50. The highest BCUT2D eigenvalue weighted by Crippen LogP contribution is 2.27. The van der Waals surface area contributed by atoms with E-state index in [0.29, 0.717) is 19.4 Å². The summed E-state index contributed by atoms with van der Waals surface area (Å²) in [5, 5.41) is 0. The summed E-state index contributed by atoms with van der Waals surface area (Å²) in [6.07, 6.45) is 4.74. The molecule has 0 bridgehead atoms. The molecule has 0 aromatic heterocycles. The number of nitrogens with zero attached hydrogens (tertiary/aromatic N) is 1. The Balaban J connectivity index is 1.64. The molecule has 0 saturated carbocycles. The predicted octanol–water partition coefficient (Wildman–Crippen LogP) is 3.40. The summed E-state index contributed by atoms with van der Waals surface area (Å²) in [4.78, 5) is 12.6. The van der Waals surface area contributed by atoms with Crippen LogP contribution in [-0.2, 0) is 19.6 Å². The van der Waals surface area contributed by atoms with E-state index in [9.17, 15) is 13.2 Å². The van der Waals surface area contributed by atoms with Crippen molar-refractivity contribution in [3.05, 3.63) is 71.8 Å². The maximum Gasteiger partial charge on any atom is 0.324 e. The van der Waals surface area contributed by atoms with Gasteiger partial charge < -0.3 is 4.74 Å². The van der Waals surface area contributed by atoms with E-state index in [-0.39, 0.29) is 11.5 Å². The number of aryl methyl sites for hydroxylation is 1. The third-order valence-electron chi connectivity index (χ3n) is 4.54. The van der Waals surface area contributed by atoms with Crippen molar-refractivity contribution in [1.29, 1.82) is 0 Å². The van der Waals surface area contributed by atoms with Gasteiger partial charge in [0.25, 0.3) is 0 Å². The van der Waals surface area contributed by atoms with Crippen LogP contribution < -0.4 is 0 Å². The first-order chi connectivity index (χ1) is 13.0. The van der Waals surface area contributed by atoms with Gasteiger partial charge >= 0.3 is 5.97 Å². The monoisotopic (exact) mass is 385 g/mol. The van der Waals surface area contributed by atoms with Gasteiger partial charge in [-0.05, 0) is 43.5 Å². The smallest absolute Gasteiger partial charge is 0.324 e. The largest absolute Gasteiger partial charge is 0.460 e. The first kappa shape index (κ1) is 19.3. The Morgan fingerprint density at radius 1 is 1.15 bits per heavy atom. The molecule has 1 atom stereocenters. The number of hydrogen-bond acceptors (Lipinski definition) is 4. The number of carbonyl (C=O) groups excluding carboxylic acids is 1. The van der Waals surface area contributed by atoms with E-state index in [4.69, 9.17) is 4.74 Å². The third-order valence-corrected chi connectivity index (χ3v) is 6.46.